The minimum absolute atomic E-state index is 0.0109. The van der Waals surface area contributed by atoms with Crippen molar-refractivity contribution in [2.24, 2.45) is 0 Å². The molecule has 0 aliphatic carbocycles. The summed E-state index contributed by atoms with van der Waals surface area (Å²) in [5, 5.41) is 9.00. The third kappa shape index (κ3) is 3.61. The zero-order valence-electron chi connectivity index (χ0n) is 17.6. The highest BCUT2D eigenvalue weighted by atomic mass is 16.5. The molecule has 7 heteroatoms. The average Bonchev–Trinajstić information content (AvgIpc) is 3.40. The number of benzene rings is 1. The van der Waals surface area contributed by atoms with Gasteiger partial charge in [0.05, 0.1) is 19.4 Å². The third-order valence-corrected chi connectivity index (χ3v) is 6.65. The number of hydrogen-bond donors (Lipinski definition) is 1. The Balaban J connectivity index is 1.35. The van der Waals surface area contributed by atoms with Gasteiger partial charge in [0.2, 0.25) is 5.95 Å². The van der Waals surface area contributed by atoms with E-state index in [2.05, 4.69) is 28.1 Å². The molecule has 2 saturated heterocycles. The van der Waals surface area contributed by atoms with Crippen LogP contribution >= 0.6 is 0 Å². The maximum atomic E-state index is 9.00. The second-order valence-corrected chi connectivity index (χ2v) is 8.45. The minimum atomic E-state index is -0.0109. The molecule has 2 atom stereocenters. The summed E-state index contributed by atoms with van der Waals surface area (Å²) in [4.78, 5) is 14.6. The number of aliphatic hydroxyl groups excluding tert-OH is 1. The van der Waals surface area contributed by atoms with Crippen molar-refractivity contribution in [3.05, 3.63) is 41.2 Å². The molecule has 30 heavy (non-hydrogen) atoms. The van der Waals surface area contributed by atoms with Crippen LogP contribution in [-0.2, 0) is 13.0 Å². The van der Waals surface area contributed by atoms with E-state index in [1.165, 1.54) is 42.5 Å². The lowest BCUT2D eigenvalue weighted by molar-refractivity contribution is 0.165. The Morgan fingerprint density at radius 2 is 2.03 bits per heavy atom. The van der Waals surface area contributed by atoms with Crippen molar-refractivity contribution in [1.82, 2.24) is 14.9 Å². The molecular formula is C23H30N4O3. The molecule has 5 rings (SSSR count). The summed E-state index contributed by atoms with van der Waals surface area (Å²) in [5.41, 5.74) is 3.76. The quantitative estimate of drug-likeness (QED) is 0.752. The topological polar surface area (TPSA) is 71.0 Å². The summed E-state index contributed by atoms with van der Waals surface area (Å²) in [6, 6.07) is 7.00. The maximum Gasteiger partial charge on any atom is 0.225 e. The van der Waals surface area contributed by atoms with Gasteiger partial charge < -0.3 is 19.5 Å². The summed E-state index contributed by atoms with van der Waals surface area (Å²) in [6.45, 7) is 3.29. The summed E-state index contributed by atoms with van der Waals surface area (Å²) in [7, 11) is 1.65. The van der Waals surface area contributed by atoms with Gasteiger partial charge in [0.1, 0.15) is 6.61 Å². The highest BCUT2D eigenvalue weighted by Crippen LogP contribution is 2.44. The number of methoxy groups -OCH3 is 1. The Morgan fingerprint density at radius 3 is 2.83 bits per heavy atom. The zero-order chi connectivity index (χ0) is 20.5. The van der Waals surface area contributed by atoms with Gasteiger partial charge in [-0.2, -0.15) is 0 Å². The number of fused-ring (bicyclic) bond motifs is 4. The van der Waals surface area contributed by atoms with E-state index in [1.807, 2.05) is 6.07 Å². The highest BCUT2D eigenvalue weighted by molar-refractivity contribution is 5.43. The van der Waals surface area contributed by atoms with E-state index in [0.29, 0.717) is 23.6 Å². The molecule has 4 heterocycles. The number of anilines is 1. The summed E-state index contributed by atoms with van der Waals surface area (Å²) in [6.07, 6.45) is 7.94. The monoisotopic (exact) mass is 410 g/mol. The molecule has 3 aliphatic rings. The van der Waals surface area contributed by atoms with Crippen molar-refractivity contribution < 1.29 is 14.6 Å². The van der Waals surface area contributed by atoms with Crippen LogP contribution in [0.5, 0.6) is 11.5 Å². The summed E-state index contributed by atoms with van der Waals surface area (Å²) < 4.78 is 11.1. The lowest BCUT2D eigenvalue weighted by Crippen LogP contribution is -2.38. The average molecular weight is 411 g/mol. The first-order chi connectivity index (χ1) is 14.8. The van der Waals surface area contributed by atoms with Gasteiger partial charge in [0.15, 0.2) is 11.5 Å². The first kappa shape index (κ1) is 19.6. The molecule has 160 valence electrons. The largest absolute Gasteiger partial charge is 0.493 e. The van der Waals surface area contributed by atoms with Crippen LogP contribution in [0.1, 0.15) is 48.5 Å². The number of nitrogens with zero attached hydrogens (tertiary/aromatic N) is 4. The van der Waals surface area contributed by atoms with Crippen molar-refractivity contribution in [2.75, 3.05) is 38.3 Å². The van der Waals surface area contributed by atoms with Gasteiger partial charge >= 0.3 is 0 Å². The van der Waals surface area contributed by atoms with Gasteiger partial charge in [0.25, 0.3) is 0 Å². The van der Waals surface area contributed by atoms with Gasteiger partial charge in [-0.05, 0) is 43.4 Å². The molecule has 0 radical (unpaired) electrons. The number of ether oxygens (including phenoxy) is 2. The van der Waals surface area contributed by atoms with Gasteiger partial charge in [-0.3, -0.25) is 4.90 Å². The standard InChI is InChI=1S/C23H30N4O3/c1-29-22-12-16(4-7-21(22)30-11-10-28)15-27-17-5-6-20(27)18-14-24-23(25-19(18)13-17)26-8-2-3-9-26/h4,7,12,14,17,20,28H,2-3,5-6,8-11,13,15H2,1H3/t17-,20-/m0/s1. The van der Waals surface area contributed by atoms with Crippen LogP contribution in [0.25, 0.3) is 0 Å². The van der Waals surface area contributed by atoms with Crippen LogP contribution < -0.4 is 14.4 Å². The molecule has 2 fully saturated rings. The van der Waals surface area contributed by atoms with E-state index in [9.17, 15) is 0 Å². The van der Waals surface area contributed by atoms with Crippen LogP contribution in [0, 0.1) is 0 Å². The zero-order valence-corrected chi connectivity index (χ0v) is 17.6. The Labute approximate surface area is 177 Å². The molecule has 2 bridgehead atoms. The first-order valence-corrected chi connectivity index (χ1v) is 11.0. The number of hydrogen-bond acceptors (Lipinski definition) is 7. The van der Waals surface area contributed by atoms with Crippen molar-refractivity contribution >= 4 is 5.95 Å². The first-order valence-electron chi connectivity index (χ1n) is 11.0. The summed E-state index contributed by atoms with van der Waals surface area (Å²) >= 11 is 0. The van der Waals surface area contributed by atoms with E-state index in [4.69, 9.17) is 24.5 Å². The van der Waals surface area contributed by atoms with Gasteiger partial charge in [-0.15, -0.1) is 0 Å². The fourth-order valence-corrected chi connectivity index (χ4v) is 5.18. The Bertz CT molecular complexity index is 900. The van der Waals surface area contributed by atoms with Crippen LogP contribution in [0.3, 0.4) is 0 Å². The highest BCUT2D eigenvalue weighted by Gasteiger charge is 2.41. The van der Waals surface area contributed by atoms with Crippen LogP contribution in [0.15, 0.2) is 24.4 Å². The van der Waals surface area contributed by atoms with Crippen LogP contribution in [-0.4, -0.2) is 59.4 Å². The second kappa shape index (κ2) is 8.40. The van der Waals surface area contributed by atoms with E-state index >= 15 is 0 Å². The molecule has 0 saturated carbocycles. The van der Waals surface area contributed by atoms with Gasteiger partial charge in [0, 0.05) is 49.9 Å². The van der Waals surface area contributed by atoms with Gasteiger partial charge in [-0.25, -0.2) is 9.97 Å². The minimum Gasteiger partial charge on any atom is -0.493 e. The van der Waals surface area contributed by atoms with Crippen molar-refractivity contribution in [1.29, 1.82) is 0 Å². The lowest BCUT2D eigenvalue weighted by atomic mass is 9.98. The molecule has 0 amide bonds. The summed E-state index contributed by atoms with van der Waals surface area (Å²) in [5.74, 6) is 2.30. The Hall–Kier alpha value is -2.38. The normalized spacial score (nSPS) is 22.9. The molecule has 1 N–H and O–H groups in total. The fourth-order valence-electron chi connectivity index (χ4n) is 5.18. The van der Waals surface area contributed by atoms with E-state index in [0.717, 1.165) is 32.0 Å². The molecule has 1 aromatic carbocycles. The van der Waals surface area contributed by atoms with E-state index in [-0.39, 0.29) is 13.2 Å². The molecular weight excluding hydrogens is 380 g/mol. The Morgan fingerprint density at radius 1 is 1.17 bits per heavy atom. The lowest BCUT2D eigenvalue weighted by Gasteiger charge is -2.36. The predicted molar refractivity (Wildman–Crippen MR) is 114 cm³/mol. The van der Waals surface area contributed by atoms with Crippen molar-refractivity contribution in [3.8, 4) is 11.5 Å². The van der Waals surface area contributed by atoms with Crippen molar-refractivity contribution in [3.63, 3.8) is 0 Å². The predicted octanol–water partition coefficient (Wildman–Crippen LogP) is 2.72. The van der Waals surface area contributed by atoms with E-state index < -0.39 is 0 Å². The SMILES string of the molecule is COc1cc(CN2[C@H]3CC[C@H]2c2cnc(N4CCCC4)nc2C3)ccc1OCCO. The second-order valence-electron chi connectivity index (χ2n) is 8.45. The number of rotatable bonds is 7. The maximum absolute atomic E-state index is 9.00. The van der Waals surface area contributed by atoms with E-state index in [1.54, 1.807) is 7.11 Å². The van der Waals surface area contributed by atoms with Gasteiger partial charge in [-0.1, -0.05) is 6.07 Å². The molecule has 0 spiro atoms. The van der Waals surface area contributed by atoms with Crippen LogP contribution in [0.4, 0.5) is 5.95 Å². The molecule has 0 unspecified atom stereocenters. The molecule has 3 aliphatic heterocycles. The number of aliphatic hydroxyl groups is 1. The third-order valence-electron chi connectivity index (χ3n) is 6.65. The van der Waals surface area contributed by atoms with Crippen molar-refractivity contribution in [2.45, 2.75) is 50.7 Å². The molecule has 2 aromatic rings. The molecule has 7 nitrogen and oxygen atoms in total. The number of aromatic nitrogens is 2. The smallest absolute Gasteiger partial charge is 0.225 e. The molecule has 1 aromatic heterocycles. The fraction of sp³-hybridized carbons (Fsp3) is 0.565. The van der Waals surface area contributed by atoms with Crippen LogP contribution in [0.2, 0.25) is 0 Å². The Kier molecular flexibility index (Phi) is 5.48.